The summed E-state index contributed by atoms with van der Waals surface area (Å²) in [5.41, 5.74) is 4.08. The third kappa shape index (κ3) is 6.14. The Kier molecular flexibility index (Phi) is 8.42. The molecule has 0 spiro atoms. The predicted octanol–water partition coefficient (Wildman–Crippen LogP) is 4.81. The number of hydrogen-bond acceptors (Lipinski definition) is 6. The van der Waals surface area contributed by atoms with Gasteiger partial charge in [0.25, 0.3) is 17.7 Å². The number of anilines is 2. The van der Waals surface area contributed by atoms with Crippen molar-refractivity contribution >= 4 is 29.1 Å². The Hall–Kier alpha value is -4.53. The van der Waals surface area contributed by atoms with Gasteiger partial charge in [0.15, 0.2) is 11.5 Å². The van der Waals surface area contributed by atoms with Gasteiger partial charge in [-0.15, -0.1) is 0 Å². The van der Waals surface area contributed by atoms with Gasteiger partial charge in [-0.3, -0.25) is 14.4 Å². The van der Waals surface area contributed by atoms with Crippen LogP contribution in [0.15, 0.2) is 60.7 Å². The second-order valence-electron chi connectivity index (χ2n) is 10.2. The summed E-state index contributed by atoms with van der Waals surface area (Å²) in [6.07, 6.45) is 0.777. The molecule has 2 aliphatic heterocycles. The van der Waals surface area contributed by atoms with E-state index in [1.807, 2.05) is 62.1 Å². The SMILES string of the molecule is CCN(CC)C(=O)c1cc(NC(=O)c2ccc3c(c2)OCO3)ccc1N1CCCN(C(=O)c2ccc(C)cc2)CC1. The van der Waals surface area contributed by atoms with Crippen molar-refractivity contribution in [1.82, 2.24) is 9.80 Å². The zero-order valence-electron chi connectivity index (χ0n) is 23.8. The summed E-state index contributed by atoms with van der Waals surface area (Å²) >= 11 is 0. The fourth-order valence-corrected chi connectivity index (χ4v) is 5.22. The molecule has 0 aromatic heterocycles. The van der Waals surface area contributed by atoms with Crippen LogP contribution in [0.3, 0.4) is 0 Å². The van der Waals surface area contributed by atoms with E-state index in [9.17, 15) is 14.4 Å². The van der Waals surface area contributed by atoms with E-state index in [1.165, 1.54) is 0 Å². The second kappa shape index (κ2) is 12.3. The molecule has 0 atom stereocenters. The van der Waals surface area contributed by atoms with Crippen molar-refractivity contribution < 1.29 is 23.9 Å². The fourth-order valence-electron chi connectivity index (χ4n) is 5.22. The minimum absolute atomic E-state index is 0.0212. The highest BCUT2D eigenvalue weighted by Crippen LogP contribution is 2.33. The standard InChI is InChI=1S/C32H36N4O5/c1-4-34(5-2)32(39)26-20-25(33-30(37)24-11-14-28-29(19-24)41-21-40-28)12-13-27(26)35-15-6-16-36(18-17-35)31(38)23-9-7-22(3)8-10-23/h7-14,19-20H,4-6,15-18,21H2,1-3H3,(H,33,37). The predicted molar refractivity (Wildman–Crippen MR) is 158 cm³/mol. The van der Waals surface area contributed by atoms with Gasteiger partial charge >= 0.3 is 0 Å². The third-order valence-corrected chi connectivity index (χ3v) is 7.59. The number of ether oxygens (including phenoxy) is 2. The summed E-state index contributed by atoms with van der Waals surface area (Å²) in [6, 6.07) is 18.2. The van der Waals surface area contributed by atoms with Crippen LogP contribution in [-0.4, -0.2) is 73.6 Å². The molecule has 1 saturated heterocycles. The lowest BCUT2D eigenvalue weighted by Gasteiger charge is -2.28. The summed E-state index contributed by atoms with van der Waals surface area (Å²) in [7, 11) is 0. The van der Waals surface area contributed by atoms with E-state index in [-0.39, 0.29) is 24.5 Å². The number of carbonyl (C=O) groups is 3. The zero-order chi connectivity index (χ0) is 28.9. The molecule has 214 valence electrons. The van der Waals surface area contributed by atoms with Crippen molar-refractivity contribution in [1.29, 1.82) is 0 Å². The molecule has 3 aromatic carbocycles. The number of fused-ring (bicyclic) bond motifs is 1. The summed E-state index contributed by atoms with van der Waals surface area (Å²) in [4.78, 5) is 45.7. The van der Waals surface area contributed by atoms with Gasteiger partial charge in [-0.25, -0.2) is 0 Å². The molecular weight excluding hydrogens is 520 g/mol. The van der Waals surface area contributed by atoms with Crippen LogP contribution in [0.25, 0.3) is 0 Å². The molecule has 9 heteroatoms. The molecule has 1 N–H and O–H groups in total. The average molecular weight is 557 g/mol. The van der Waals surface area contributed by atoms with Gasteiger partial charge in [0.05, 0.1) is 5.56 Å². The number of rotatable bonds is 7. The highest BCUT2D eigenvalue weighted by atomic mass is 16.7. The van der Waals surface area contributed by atoms with Crippen LogP contribution in [0, 0.1) is 6.92 Å². The first-order valence-corrected chi connectivity index (χ1v) is 14.1. The maximum atomic E-state index is 13.7. The molecule has 0 bridgehead atoms. The number of nitrogens with zero attached hydrogens (tertiary/aromatic N) is 3. The molecule has 2 heterocycles. The molecule has 0 saturated carbocycles. The summed E-state index contributed by atoms with van der Waals surface area (Å²) < 4.78 is 10.7. The zero-order valence-corrected chi connectivity index (χ0v) is 23.8. The lowest BCUT2D eigenvalue weighted by Crippen LogP contribution is -2.36. The maximum absolute atomic E-state index is 13.7. The summed E-state index contributed by atoms with van der Waals surface area (Å²) in [5, 5.41) is 2.93. The van der Waals surface area contributed by atoms with Crippen LogP contribution < -0.4 is 19.7 Å². The van der Waals surface area contributed by atoms with E-state index in [0.29, 0.717) is 73.1 Å². The van der Waals surface area contributed by atoms with Crippen LogP contribution in [0.1, 0.15) is 56.9 Å². The van der Waals surface area contributed by atoms with Gasteiger partial charge in [0, 0.05) is 61.8 Å². The Morgan fingerprint density at radius 2 is 1.56 bits per heavy atom. The molecule has 1 fully saturated rings. The van der Waals surface area contributed by atoms with Gasteiger partial charge < -0.3 is 29.5 Å². The molecule has 3 amide bonds. The van der Waals surface area contributed by atoms with E-state index in [1.54, 1.807) is 29.2 Å². The highest BCUT2D eigenvalue weighted by molar-refractivity contribution is 6.06. The fraction of sp³-hybridized carbons (Fsp3) is 0.344. The minimum atomic E-state index is -0.308. The van der Waals surface area contributed by atoms with Gasteiger partial charge in [-0.05, 0) is 75.7 Å². The van der Waals surface area contributed by atoms with Crippen LogP contribution >= 0.6 is 0 Å². The molecule has 0 radical (unpaired) electrons. The van der Waals surface area contributed by atoms with Gasteiger partial charge in [-0.2, -0.15) is 0 Å². The first-order chi connectivity index (χ1) is 19.9. The molecule has 0 aliphatic carbocycles. The van der Waals surface area contributed by atoms with Crippen LogP contribution in [0.4, 0.5) is 11.4 Å². The van der Waals surface area contributed by atoms with Crippen LogP contribution in [0.5, 0.6) is 11.5 Å². The number of aryl methyl sites for hydroxylation is 1. The molecule has 9 nitrogen and oxygen atoms in total. The van der Waals surface area contributed by atoms with E-state index in [2.05, 4.69) is 10.2 Å². The summed E-state index contributed by atoms with van der Waals surface area (Å²) in [5.74, 6) is 0.752. The Morgan fingerprint density at radius 3 is 2.32 bits per heavy atom. The van der Waals surface area contributed by atoms with Crippen molar-refractivity contribution in [3.63, 3.8) is 0 Å². The Labute approximate surface area is 240 Å². The third-order valence-electron chi connectivity index (χ3n) is 7.59. The number of benzene rings is 3. The molecule has 5 rings (SSSR count). The van der Waals surface area contributed by atoms with E-state index in [4.69, 9.17) is 9.47 Å². The van der Waals surface area contributed by atoms with Gasteiger partial charge in [0.1, 0.15) is 0 Å². The number of nitrogens with one attached hydrogen (secondary N) is 1. The number of amides is 3. The van der Waals surface area contributed by atoms with Crippen molar-refractivity contribution in [2.45, 2.75) is 27.2 Å². The minimum Gasteiger partial charge on any atom is -0.454 e. The smallest absolute Gasteiger partial charge is 0.256 e. The van der Waals surface area contributed by atoms with Crippen molar-refractivity contribution in [3.05, 3.63) is 82.9 Å². The van der Waals surface area contributed by atoms with Crippen molar-refractivity contribution in [3.8, 4) is 11.5 Å². The highest BCUT2D eigenvalue weighted by Gasteiger charge is 2.25. The topological polar surface area (TPSA) is 91.4 Å². The van der Waals surface area contributed by atoms with E-state index >= 15 is 0 Å². The normalized spacial score (nSPS) is 14.4. The Morgan fingerprint density at radius 1 is 0.829 bits per heavy atom. The number of hydrogen-bond donors (Lipinski definition) is 1. The van der Waals surface area contributed by atoms with Gasteiger partial charge in [0.2, 0.25) is 6.79 Å². The lowest BCUT2D eigenvalue weighted by molar-refractivity contribution is 0.0760. The van der Waals surface area contributed by atoms with E-state index < -0.39 is 0 Å². The quantitative estimate of drug-likeness (QED) is 0.449. The monoisotopic (exact) mass is 556 g/mol. The van der Waals surface area contributed by atoms with Crippen molar-refractivity contribution in [2.24, 2.45) is 0 Å². The first-order valence-electron chi connectivity index (χ1n) is 14.1. The summed E-state index contributed by atoms with van der Waals surface area (Å²) in [6.45, 7) is 9.68. The second-order valence-corrected chi connectivity index (χ2v) is 10.2. The molecule has 3 aromatic rings. The number of carbonyl (C=O) groups excluding carboxylic acids is 3. The van der Waals surface area contributed by atoms with Crippen molar-refractivity contribution in [2.75, 3.05) is 56.3 Å². The van der Waals surface area contributed by atoms with Crippen LogP contribution in [0.2, 0.25) is 0 Å². The first kappa shape index (κ1) is 28.0. The van der Waals surface area contributed by atoms with Gasteiger partial charge in [-0.1, -0.05) is 17.7 Å². The molecule has 0 unspecified atom stereocenters. The Bertz CT molecular complexity index is 1430. The van der Waals surface area contributed by atoms with E-state index in [0.717, 1.165) is 17.7 Å². The molecule has 2 aliphatic rings. The average Bonchev–Trinajstić information content (AvgIpc) is 3.33. The largest absolute Gasteiger partial charge is 0.454 e. The lowest BCUT2D eigenvalue weighted by atomic mass is 10.1. The maximum Gasteiger partial charge on any atom is 0.256 e. The Balaban J connectivity index is 1.37. The molecular formula is C32H36N4O5. The van der Waals surface area contributed by atoms with Crippen LogP contribution in [-0.2, 0) is 0 Å². The molecule has 41 heavy (non-hydrogen) atoms.